The van der Waals surface area contributed by atoms with E-state index in [1.807, 2.05) is 54.5 Å². The molecule has 0 radical (unpaired) electrons. The van der Waals surface area contributed by atoms with E-state index in [2.05, 4.69) is 36.6 Å². The second kappa shape index (κ2) is 26.4. The summed E-state index contributed by atoms with van der Waals surface area (Å²) in [5.74, 6) is -4.53. The molecule has 0 aliphatic carbocycles. The van der Waals surface area contributed by atoms with Gasteiger partial charge in [-0.15, -0.1) is 0 Å². The van der Waals surface area contributed by atoms with Crippen molar-refractivity contribution in [1.82, 2.24) is 34.5 Å². The van der Waals surface area contributed by atoms with Gasteiger partial charge in [0.2, 0.25) is 31.9 Å². The van der Waals surface area contributed by atoms with Gasteiger partial charge in [0.15, 0.2) is 11.5 Å². The number of hydrogen-bond acceptors (Lipinski definition) is 16. The number of amides is 6. The number of para-hydroxylation sites is 2. The summed E-state index contributed by atoms with van der Waals surface area (Å²) in [7, 11) is -9.37. The van der Waals surface area contributed by atoms with Gasteiger partial charge in [-0.25, -0.2) is 31.2 Å². The number of nitrogens with one attached hydrogen (secondary N) is 6. The third kappa shape index (κ3) is 14.4. The summed E-state index contributed by atoms with van der Waals surface area (Å²) in [6.07, 6.45) is 0.510. The molecule has 2 aliphatic rings. The van der Waals surface area contributed by atoms with Gasteiger partial charge >= 0.3 is 24.0 Å². The largest absolute Gasteiger partial charge is 0.495 e. The number of aromatic nitrogens is 3. The molecule has 0 bridgehead atoms. The van der Waals surface area contributed by atoms with E-state index >= 15 is 0 Å². The third-order valence-electron chi connectivity index (χ3n) is 15.0. The number of ether oxygens (including phenoxy) is 1. The van der Waals surface area contributed by atoms with Crippen LogP contribution in [0.25, 0.3) is 0 Å². The number of nitrogens with zero attached hydrogens (tertiary/aromatic N) is 5. The van der Waals surface area contributed by atoms with E-state index in [1.54, 1.807) is 59.5 Å². The van der Waals surface area contributed by atoms with Crippen LogP contribution >= 0.6 is 0 Å². The maximum atomic E-state index is 14.8. The molecule has 2 aliphatic heterocycles. The van der Waals surface area contributed by atoms with E-state index < -0.39 is 90.5 Å². The fourth-order valence-corrected chi connectivity index (χ4v) is 13.8. The molecule has 2 fully saturated rings. The number of likely N-dealkylation sites (tertiary alicyclic amines) is 2. The number of carbonyl (C=O) groups is 6. The fourth-order valence-electron chi connectivity index (χ4n) is 10.5. The number of pyridine rings is 1. The number of carboxylic acid groups (broad SMARTS) is 2. The van der Waals surface area contributed by atoms with Gasteiger partial charge < -0.3 is 55.1 Å². The fraction of sp³-hybridized carbons (Fsp3) is 0.305. The highest BCUT2D eigenvalue weighted by atomic mass is 32.2. The van der Waals surface area contributed by atoms with Gasteiger partial charge in [0.05, 0.1) is 65.9 Å². The first kappa shape index (κ1) is 62.0. The lowest BCUT2D eigenvalue weighted by Crippen LogP contribution is -2.66. The predicted molar refractivity (Wildman–Crippen MR) is 315 cm³/mol. The summed E-state index contributed by atoms with van der Waals surface area (Å²) in [4.78, 5) is 83.3. The van der Waals surface area contributed by atoms with Gasteiger partial charge in [-0.1, -0.05) is 77.9 Å². The Morgan fingerprint density at radius 1 is 0.690 bits per heavy atom. The van der Waals surface area contributed by atoms with Crippen LogP contribution in [0.4, 0.5) is 32.3 Å². The number of carbonyl (C=O) groups excluding carboxylic acids is 4. The van der Waals surface area contributed by atoms with Crippen LogP contribution in [-0.2, 0) is 64.9 Å². The monoisotopic (exact) mass is 1230 g/mol. The van der Waals surface area contributed by atoms with Crippen molar-refractivity contribution in [3.8, 4) is 5.75 Å². The summed E-state index contributed by atoms with van der Waals surface area (Å²) >= 11 is 0. The van der Waals surface area contributed by atoms with Gasteiger partial charge in [0.1, 0.15) is 11.8 Å². The Kier molecular flexibility index (Phi) is 18.8. The van der Waals surface area contributed by atoms with E-state index in [1.165, 1.54) is 48.5 Å². The van der Waals surface area contributed by atoms with Gasteiger partial charge in [0.25, 0.3) is 4.87 Å². The Bertz CT molecular complexity index is 3940. The summed E-state index contributed by atoms with van der Waals surface area (Å²) in [6, 6.07) is 26.7. The number of urea groups is 2. The predicted octanol–water partition coefficient (Wildman–Crippen LogP) is 6.95. The third-order valence-corrected chi connectivity index (χ3v) is 18.6. The van der Waals surface area contributed by atoms with Crippen LogP contribution in [0, 0.1) is 19.8 Å². The Hall–Kier alpha value is -9.51. The van der Waals surface area contributed by atoms with Crippen LogP contribution in [0.1, 0.15) is 83.6 Å². The van der Waals surface area contributed by atoms with E-state index in [0.717, 1.165) is 23.3 Å². The molecule has 8 N–H and O–H groups in total. The van der Waals surface area contributed by atoms with Crippen molar-refractivity contribution >= 4 is 78.6 Å². The molecular weight excluding hydrogens is 1170 g/mol. The summed E-state index contributed by atoms with van der Waals surface area (Å²) in [5.41, 5.74) is 4.09. The quantitative estimate of drug-likeness (QED) is 0.0321. The normalized spacial score (nSPS) is 17.0. The van der Waals surface area contributed by atoms with Crippen LogP contribution in [0.5, 0.6) is 5.75 Å². The van der Waals surface area contributed by atoms with Crippen molar-refractivity contribution in [2.45, 2.75) is 93.6 Å². The molecule has 5 atom stereocenters. The highest BCUT2D eigenvalue weighted by Crippen LogP contribution is 2.39. The van der Waals surface area contributed by atoms with E-state index in [0.29, 0.717) is 59.8 Å². The van der Waals surface area contributed by atoms with Crippen LogP contribution < -0.4 is 35.4 Å². The minimum absolute atomic E-state index is 0.0191. The number of anilines is 4. The van der Waals surface area contributed by atoms with Gasteiger partial charge in [0, 0.05) is 55.1 Å². The molecule has 5 heterocycles. The Morgan fingerprint density at radius 2 is 1.31 bits per heavy atom. The summed E-state index contributed by atoms with van der Waals surface area (Å²) in [6.45, 7) is 6.14. The van der Waals surface area contributed by atoms with Crippen LogP contribution in [0.15, 0.2) is 141 Å². The average molecular weight is 1230 g/mol. The highest BCUT2D eigenvalue weighted by Gasteiger charge is 2.56. The molecule has 87 heavy (non-hydrogen) atoms. The Morgan fingerprint density at radius 3 is 1.95 bits per heavy atom. The minimum atomic E-state index is -5.72. The first-order valence-corrected chi connectivity index (χ1v) is 30.5. The molecule has 4 aromatic carbocycles. The lowest BCUT2D eigenvalue weighted by molar-refractivity contribution is -0.141. The molecule has 28 heteroatoms. The zero-order valence-corrected chi connectivity index (χ0v) is 49.2. The van der Waals surface area contributed by atoms with Crippen LogP contribution in [0.3, 0.4) is 0 Å². The summed E-state index contributed by atoms with van der Waals surface area (Å²) in [5, 5.41) is 40.5. The highest BCUT2D eigenvalue weighted by molar-refractivity contribution is 7.94. The second-order valence-corrected chi connectivity index (χ2v) is 24.8. The molecule has 7 aromatic rings. The van der Waals surface area contributed by atoms with E-state index in [-0.39, 0.29) is 60.1 Å². The Balaban J connectivity index is 0.892. The number of aliphatic carboxylic acids is 2. The number of hydrogen-bond donors (Lipinski definition) is 8. The molecule has 9 rings (SSSR count). The molecule has 0 spiro atoms. The maximum absolute atomic E-state index is 14.8. The standard InChI is InChI=1S/C59H63N11O15S2/c1-35-13-8-10-17-44(35)62-57(77)61-40-22-21-39(60-34-40)32-53(72)70-26-24-37(3)54(70)51-30-41(65-85-51)29-47(55(73)74)67-87(81,82)59(56(75)76,68-86(79,80)43-15-6-5-7-16-43)33-42-31-50(84-66-42)48-19-12-25-69(48)52(71)28-38-20-23-46(49(27-38)83-4)64-58(78)63-45-18-11-9-14-36(45)2/h5-11,13-18,20-23,27,30-31,34,37,47-48,54,67-68H,12,19,24-26,28-29,32-33H2,1-4H3,(H,73,74)(H,75,76)(H2,61,62,77)(H2,63,64,78). The molecule has 26 nitrogen and oxygen atoms in total. The lowest BCUT2D eigenvalue weighted by atomic mass is 9.99. The smallest absolute Gasteiger partial charge is 0.342 e. The topological polar surface area (TPSA) is 364 Å². The average Bonchev–Trinajstić information content (AvgIpc) is 1.50. The van der Waals surface area contributed by atoms with Gasteiger partial charge in [-0.2, -0.15) is 9.44 Å². The number of sulfonamides is 2. The zero-order chi connectivity index (χ0) is 62.2. The molecule has 2 saturated heterocycles. The van der Waals surface area contributed by atoms with Crippen molar-refractivity contribution in [3.05, 3.63) is 173 Å². The molecule has 3 aromatic heterocycles. The van der Waals surface area contributed by atoms with Gasteiger partial charge in [-0.3, -0.25) is 19.4 Å². The van der Waals surface area contributed by atoms with Crippen molar-refractivity contribution in [2.75, 3.05) is 41.5 Å². The van der Waals surface area contributed by atoms with Crippen molar-refractivity contribution in [1.29, 1.82) is 0 Å². The van der Waals surface area contributed by atoms with Gasteiger partial charge in [-0.05, 0) is 104 Å². The number of methoxy groups -OCH3 is 1. The van der Waals surface area contributed by atoms with Crippen LogP contribution in [-0.4, -0.2) is 119 Å². The van der Waals surface area contributed by atoms with Crippen molar-refractivity contribution < 1.29 is 69.6 Å². The van der Waals surface area contributed by atoms with E-state index in [4.69, 9.17) is 13.8 Å². The molecule has 0 saturated carbocycles. The number of aryl methyl sites for hydroxylation is 2. The minimum Gasteiger partial charge on any atom is -0.495 e. The maximum Gasteiger partial charge on any atom is 0.342 e. The zero-order valence-electron chi connectivity index (χ0n) is 47.6. The Labute approximate surface area is 500 Å². The molecular formula is C59H63N11O15S2. The first-order chi connectivity index (χ1) is 41.5. The molecule has 456 valence electrons. The molecule has 6 amide bonds. The SMILES string of the molecule is COc1cc(CC(=O)N2CCCC2c2cc(CC(NS(=O)(=O)c3ccccc3)(C(=O)O)S(=O)(=O)NC(Cc3cc(C4C(C)CCN4C(=O)Cc4ccc(NC(=O)Nc5ccccc5C)cn4)on3)C(=O)O)no2)ccc1NC(=O)Nc1ccccc1C. The summed E-state index contributed by atoms with van der Waals surface area (Å²) < 4.78 is 78.3. The van der Waals surface area contributed by atoms with E-state index in [9.17, 15) is 55.8 Å². The van der Waals surface area contributed by atoms with Crippen molar-refractivity contribution in [3.63, 3.8) is 0 Å². The number of benzene rings is 4. The second-order valence-electron chi connectivity index (χ2n) is 21.1. The lowest BCUT2D eigenvalue weighted by Gasteiger charge is -2.30. The van der Waals surface area contributed by atoms with Crippen LogP contribution in [0.2, 0.25) is 0 Å². The number of carboxylic acids is 2. The van der Waals surface area contributed by atoms with Crippen molar-refractivity contribution in [2.24, 2.45) is 5.92 Å². The number of rotatable bonds is 23. The first-order valence-electron chi connectivity index (χ1n) is 27.5. The molecule has 5 unspecified atom stereocenters.